The maximum Gasteiger partial charge on any atom is 0.335 e. The quantitative estimate of drug-likeness (QED) is 0.503. The summed E-state index contributed by atoms with van der Waals surface area (Å²) in [6, 6.07) is 5.99. The molecule has 0 saturated carbocycles. The highest BCUT2D eigenvalue weighted by atomic mass is 127. The first-order chi connectivity index (χ1) is 6.65. The number of carbonyl (C=O) groups excluding carboxylic acids is 1. The van der Waals surface area contributed by atoms with Crippen LogP contribution in [0.25, 0.3) is 0 Å². The van der Waals surface area contributed by atoms with Gasteiger partial charge >= 0.3 is 5.97 Å². The second kappa shape index (κ2) is 5.06. The zero-order valence-corrected chi connectivity index (χ0v) is 9.32. The highest BCUT2D eigenvalue weighted by Gasteiger charge is 2.08. The minimum atomic E-state index is -1.03. The Hall–Kier alpha value is -0.950. The Morgan fingerprint density at radius 3 is 2.57 bits per heavy atom. The third kappa shape index (κ3) is 2.78. The Morgan fingerprint density at radius 1 is 1.36 bits per heavy atom. The topological polar surface area (TPSA) is 66.4 Å². The summed E-state index contributed by atoms with van der Waals surface area (Å²) in [5.74, 6) is -1.15. The van der Waals surface area contributed by atoms with Crippen LogP contribution in [0.15, 0.2) is 24.3 Å². The van der Waals surface area contributed by atoms with Gasteiger partial charge in [0.05, 0.1) is 12.1 Å². The average Bonchev–Trinajstić information content (AvgIpc) is 2.18. The molecule has 1 rings (SSSR count). The molecule has 0 fully saturated rings. The summed E-state index contributed by atoms with van der Waals surface area (Å²) in [5, 5.41) is 8.69. The molecule has 1 aromatic carbocycles. The van der Waals surface area contributed by atoms with Crippen molar-refractivity contribution in [3.05, 3.63) is 35.4 Å². The van der Waals surface area contributed by atoms with Crippen LogP contribution in [0, 0.1) is 0 Å². The smallest absolute Gasteiger partial charge is 0.335 e. The van der Waals surface area contributed by atoms with E-state index < -0.39 is 5.97 Å². The summed E-state index contributed by atoms with van der Waals surface area (Å²) in [6.45, 7) is 0.198. The van der Waals surface area contributed by atoms with Crippen molar-refractivity contribution in [3.63, 3.8) is 0 Å². The van der Waals surface area contributed by atoms with Gasteiger partial charge in [-0.05, 0) is 12.1 Å². The van der Waals surface area contributed by atoms with Crippen molar-refractivity contribution in [2.24, 2.45) is 0 Å². The molecule has 14 heavy (non-hydrogen) atoms. The van der Waals surface area contributed by atoms with Crippen LogP contribution in [0.3, 0.4) is 0 Å². The van der Waals surface area contributed by atoms with Gasteiger partial charge in [-0.15, -0.1) is 0 Å². The number of hydrogen-bond donors (Lipinski definition) is 2. The zero-order chi connectivity index (χ0) is 10.6. The first-order valence-corrected chi connectivity index (χ1v) is 4.93. The summed E-state index contributed by atoms with van der Waals surface area (Å²) < 4.78 is 2.69. The predicted octanol–water partition coefficient (Wildman–Crippen LogP) is 1.51. The van der Waals surface area contributed by atoms with E-state index in [1.807, 2.05) is 22.9 Å². The number of nitrogens with one attached hydrogen (secondary N) is 1. The lowest BCUT2D eigenvalue weighted by atomic mass is 10.1. The minimum Gasteiger partial charge on any atom is -0.478 e. The van der Waals surface area contributed by atoms with Gasteiger partial charge in [0.2, 0.25) is 0 Å². The van der Waals surface area contributed by atoms with Gasteiger partial charge in [0.15, 0.2) is 5.78 Å². The van der Waals surface area contributed by atoms with Crippen molar-refractivity contribution in [2.75, 3.05) is 6.54 Å². The molecule has 0 bridgehead atoms. The fourth-order valence-corrected chi connectivity index (χ4v) is 1.33. The van der Waals surface area contributed by atoms with Gasteiger partial charge in [-0.3, -0.25) is 8.32 Å². The number of rotatable bonds is 4. The third-order valence-corrected chi connectivity index (χ3v) is 2.04. The lowest BCUT2D eigenvalue weighted by Gasteiger charge is -2.00. The van der Waals surface area contributed by atoms with Gasteiger partial charge in [0.1, 0.15) is 0 Å². The van der Waals surface area contributed by atoms with Gasteiger partial charge in [-0.1, -0.05) is 12.1 Å². The molecule has 0 heterocycles. The molecule has 0 unspecified atom stereocenters. The van der Waals surface area contributed by atoms with E-state index in [9.17, 15) is 9.59 Å². The highest BCUT2D eigenvalue weighted by Crippen LogP contribution is 2.06. The maximum atomic E-state index is 11.4. The van der Waals surface area contributed by atoms with Crippen molar-refractivity contribution in [1.82, 2.24) is 3.53 Å². The van der Waals surface area contributed by atoms with Crippen LogP contribution >= 0.6 is 22.9 Å². The highest BCUT2D eigenvalue weighted by molar-refractivity contribution is 14.1. The van der Waals surface area contributed by atoms with E-state index in [1.165, 1.54) is 12.1 Å². The van der Waals surface area contributed by atoms with E-state index in [0.717, 1.165) is 0 Å². The van der Waals surface area contributed by atoms with Gasteiger partial charge in [-0.25, -0.2) is 4.79 Å². The number of Topliss-reactive ketones (excluding diaryl/α,β-unsaturated/α-hetero) is 1. The molecule has 0 spiro atoms. The Bertz CT molecular complexity index is 365. The first-order valence-electron chi connectivity index (χ1n) is 3.85. The zero-order valence-electron chi connectivity index (χ0n) is 7.16. The van der Waals surface area contributed by atoms with E-state index >= 15 is 0 Å². The van der Waals surface area contributed by atoms with Crippen LogP contribution in [0.2, 0.25) is 0 Å². The number of carbonyl (C=O) groups is 2. The Balaban J connectivity index is 2.93. The lowest BCUT2D eigenvalue weighted by Crippen LogP contribution is -2.14. The Kier molecular flexibility index (Phi) is 4.02. The molecule has 0 radical (unpaired) electrons. The lowest BCUT2D eigenvalue weighted by molar-refractivity contribution is 0.0697. The monoisotopic (exact) mass is 305 g/mol. The molecular weight excluding hydrogens is 297 g/mol. The van der Waals surface area contributed by atoms with Gasteiger partial charge in [-0.2, -0.15) is 0 Å². The molecule has 0 atom stereocenters. The molecule has 0 aliphatic heterocycles. The molecule has 1 aromatic rings. The van der Waals surface area contributed by atoms with Crippen LogP contribution < -0.4 is 3.53 Å². The van der Waals surface area contributed by atoms with Gasteiger partial charge < -0.3 is 5.11 Å². The molecule has 0 saturated heterocycles. The van der Waals surface area contributed by atoms with Crippen LogP contribution in [-0.4, -0.2) is 23.4 Å². The fourth-order valence-electron chi connectivity index (χ4n) is 0.988. The van der Waals surface area contributed by atoms with Crippen LogP contribution in [0.1, 0.15) is 20.7 Å². The number of ketones is 1. The van der Waals surface area contributed by atoms with Crippen LogP contribution in [0.5, 0.6) is 0 Å². The molecule has 74 valence electrons. The SMILES string of the molecule is O=C(O)c1cccc(C(=O)CNI)c1. The second-order valence-electron chi connectivity index (χ2n) is 2.62. The summed E-state index contributed by atoms with van der Waals surface area (Å²) in [6.07, 6.45) is 0. The molecule has 0 aliphatic rings. The van der Waals surface area contributed by atoms with Crippen molar-refractivity contribution in [2.45, 2.75) is 0 Å². The summed E-state index contributed by atoms with van der Waals surface area (Å²) in [4.78, 5) is 22.0. The third-order valence-electron chi connectivity index (χ3n) is 1.66. The number of aromatic carboxylic acids is 1. The van der Waals surface area contributed by atoms with Gasteiger partial charge in [0, 0.05) is 28.4 Å². The van der Waals surface area contributed by atoms with E-state index in [1.54, 1.807) is 12.1 Å². The van der Waals surface area contributed by atoms with E-state index in [0.29, 0.717) is 5.56 Å². The first kappa shape index (κ1) is 11.1. The van der Waals surface area contributed by atoms with Crippen molar-refractivity contribution in [1.29, 1.82) is 0 Å². The average molecular weight is 305 g/mol. The van der Waals surface area contributed by atoms with E-state index in [-0.39, 0.29) is 17.9 Å². The molecule has 0 aliphatic carbocycles. The summed E-state index contributed by atoms with van der Waals surface area (Å²) >= 11 is 1.86. The Labute approximate surface area is 94.8 Å². The number of halogens is 1. The predicted molar refractivity (Wildman–Crippen MR) is 59.8 cm³/mol. The number of carboxylic acids is 1. The molecule has 0 aromatic heterocycles. The number of benzene rings is 1. The van der Waals surface area contributed by atoms with Crippen molar-refractivity contribution < 1.29 is 14.7 Å². The van der Waals surface area contributed by atoms with Gasteiger partial charge in [0.25, 0.3) is 0 Å². The standard InChI is InChI=1S/C9H8INO3/c10-11-5-8(12)6-2-1-3-7(4-6)9(13)14/h1-4,11H,5H2,(H,13,14). The second-order valence-corrected chi connectivity index (χ2v) is 3.38. The Morgan fingerprint density at radius 2 is 2.00 bits per heavy atom. The largest absolute Gasteiger partial charge is 0.478 e. The normalized spacial score (nSPS) is 9.79. The number of hydrogen-bond acceptors (Lipinski definition) is 3. The molecule has 5 heteroatoms. The van der Waals surface area contributed by atoms with E-state index in [4.69, 9.17) is 5.11 Å². The van der Waals surface area contributed by atoms with Crippen LogP contribution in [-0.2, 0) is 0 Å². The van der Waals surface area contributed by atoms with Crippen molar-refractivity contribution in [3.8, 4) is 0 Å². The molecule has 2 N–H and O–H groups in total. The van der Waals surface area contributed by atoms with Crippen molar-refractivity contribution >= 4 is 34.6 Å². The minimum absolute atomic E-state index is 0.123. The molecule has 4 nitrogen and oxygen atoms in total. The van der Waals surface area contributed by atoms with E-state index in [2.05, 4.69) is 3.53 Å². The van der Waals surface area contributed by atoms with Crippen LogP contribution in [0.4, 0.5) is 0 Å². The maximum absolute atomic E-state index is 11.4. The molecular formula is C9H8INO3. The summed E-state index contributed by atoms with van der Waals surface area (Å²) in [5.41, 5.74) is 0.540. The number of carboxylic acid groups (broad SMARTS) is 1. The summed E-state index contributed by atoms with van der Waals surface area (Å²) in [7, 11) is 0. The molecule has 0 amide bonds. The fraction of sp³-hybridized carbons (Fsp3) is 0.111.